The van der Waals surface area contributed by atoms with Gasteiger partial charge >= 0.3 is 71.6 Å². The van der Waals surface area contributed by atoms with E-state index in [1.807, 2.05) is 30.4 Å². The number of aromatic nitrogens is 1. The summed E-state index contributed by atoms with van der Waals surface area (Å²) < 4.78 is 0. The third-order valence-electron chi connectivity index (χ3n) is 1.77. The van der Waals surface area contributed by atoms with Gasteiger partial charge in [0.25, 0.3) is 0 Å². The Morgan fingerprint density at radius 2 is 1.92 bits per heavy atom. The van der Waals surface area contributed by atoms with Gasteiger partial charge in [0, 0.05) is 0 Å². The van der Waals surface area contributed by atoms with Crippen molar-refractivity contribution >= 4 is 6.91 Å². The van der Waals surface area contributed by atoms with Crippen LogP contribution < -0.4 is 0 Å². The molecule has 0 atom stereocenters. The van der Waals surface area contributed by atoms with Crippen LogP contribution in [0.2, 0.25) is 0 Å². The maximum absolute atomic E-state index is 4.06. The molecule has 1 nitrogen and oxygen atoms in total. The molecule has 2 aromatic rings. The first-order valence-corrected chi connectivity index (χ1v) is 3.92. The molecule has 2 rings (SSSR count). The van der Waals surface area contributed by atoms with E-state index >= 15 is 0 Å². The molecule has 0 fully saturated rings. The van der Waals surface area contributed by atoms with Gasteiger partial charge in [-0.1, -0.05) is 0 Å². The molecule has 2 heteroatoms. The first kappa shape index (κ1) is 7.23. The van der Waals surface area contributed by atoms with Crippen LogP contribution in [0.3, 0.4) is 0 Å². The average molecular weight is 153 g/mol. The van der Waals surface area contributed by atoms with Crippen LogP contribution in [0.4, 0.5) is 0 Å². The molecular formula is C10H8BN. The molecule has 0 radical (unpaired) electrons. The molecule has 0 amide bonds. The molecule has 0 aliphatic carbocycles. The molecular weight excluding hydrogens is 145 g/mol. The monoisotopic (exact) mass is 153 g/mol. The first-order valence-electron chi connectivity index (χ1n) is 3.92. The second-order valence-electron chi connectivity index (χ2n) is 2.61. The van der Waals surface area contributed by atoms with Crippen LogP contribution in [0.5, 0.6) is 0 Å². The van der Waals surface area contributed by atoms with Gasteiger partial charge in [-0.15, -0.1) is 0 Å². The molecule has 1 aromatic heterocycles. The summed E-state index contributed by atoms with van der Waals surface area (Å²) in [5, 5.41) is 0. The van der Waals surface area contributed by atoms with Crippen molar-refractivity contribution in [1.82, 2.24) is 4.98 Å². The predicted molar refractivity (Wildman–Crippen MR) is 51.0 cm³/mol. The van der Waals surface area contributed by atoms with Gasteiger partial charge in [0.2, 0.25) is 0 Å². The number of nitrogens with zero attached hydrogens (tertiary/aromatic N) is 1. The third kappa shape index (κ3) is 1.42. The zero-order chi connectivity index (χ0) is 8.23. The Morgan fingerprint density at radius 1 is 1.08 bits per heavy atom. The fourth-order valence-corrected chi connectivity index (χ4v) is 1.16. The fraction of sp³-hybridized carbons (Fsp3) is 0. The standard InChI is InChI=1S/C10H8BN/c1-2-4-9(5-3-1)10-8-12-7-6-11-10/h1-8H. The van der Waals surface area contributed by atoms with Gasteiger partial charge in [-0.3, -0.25) is 0 Å². The third-order valence-corrected chi connectivity index (χ3v) is 1.77. The molecule has 0 unspecified atom stereocenters. The Balaban J connectivity index is 2.46. The van der Waals surface area contributed by atoms with E-state index in [2.05, 4.69) is 24.0 Å². The molecule has 0 bridgehead atoms. The molecule has 0 N–H and O–H groups in total. The molecule has 0 aliphatic heterocycles. The Bertz CT molecular complexity index is 307. The summed E-state index contributed by atoms with van der Waals surface area (Å²) in [6.45, 7) is 2.06. The minimum absolute atomic E-state index is 1.16. The number of hydrogen-bond acceptors (Lipinski definition) is 1. The normalized spacial score (nSPS) is 9.33. The van der Waals surface area contributed by atoms with E-state index in [1.165, 1.54) is 5.56 Å². The summed E-state index contributed by atoms with van der Waals surface area (Å²) >= 11 is 0. The minimum atomic E-state index is 1.16. The summed E-state index contributed by atoms with van der Waals surface area (Å²) in [6, 6.07) is 10.2. The van der Waals surface area contributed by atoms with Crippen LogP contribution >= 0.6 is 0 Å². The molecule has 1 aromatic carbocycles. The van der Waals surface area contributed by atoms with Gasteiger partial charge < -0.3 is 0 Å². The molecule has 0 aliphatic rings. The Morgan fingerprint density at radius 3 is 2.58 bits per heavy atom. The summed E-state index contributed by atoms with van der Waals surface area (Å²) in [7, 11) is 0. The number of rotatable bonds is 1. The van der Waals surface area contributed by atoms with E-state index < -0.39 is 0 Å². The topological polar surface area (TPSA) is 12.9 Å². The van der Waals surface area contributed by atoms with Crippen molar-refractivity contribution in [3.63, 3.8) is 0 Å². The van der Waals surface area contributed by atoms with Crippen molar-refractivity contribution in [3.05, 3.63) is 48.7 Å². The molecule has 12 heavy (non-hydrogen) atoms. The quantitative estimate of drug-likeness (QED) is 0.611. The van der Waals surface area contributed by atoms with Crippen molar-refractivity contribution in [2.75, 3.05) is 0 Å². The van der Waals surface area contributed by atoms with Crippen molar-refractivity contribution in [2.45, 2.75) is 0 Å². The van der Waals surface area contributed by atoms with Gasteiger partial charge in [-0.2, -0.15) is 0 Å². The van der Waals surface area contributed by atoms with Crippen LogP contribution in [0.25, 0.3) is 11.0 Å². The van der Waals surface area contributed by atoms with Crippen LogP contribution in [0.15, 0.2) is 48.7 Å². The zero-order valence-corrected chi connectivity index (χ0v) is 6.64. The predicted octanol–water partition coefficient (Wildman–Crippen LogP) is 2.09. The summed E-state index contributed by atoms with van der Waals surface area (Å²) in [4.78, 5) is 4.06. The molecule has 0 spiro atoms. The Kier molecular flexibility index (Phi) is 1.99. The van der Waals surface area contributed by atoms with Gasteiger partial charge in [0.1, 0.15) is 0 Å². The van der Waals surface area contributed by atoms with Crippen molar-refractivity contribution < 1.29 is 0 Å². The summed E-state index contributed by atoms with van der Waals surface area (Å²) in [5.41, 5.74) is 2.38. The summed E-state index contributed by atoms with van der Waals surface area (Å²) in [6.07, 6.45) is 3.65. The van der Waals surface area contributed by atoms with E-state index in [9.17, 15) is 0 Å². The Labute approximate surface area is 72.3 Å². The zero-order valence-electron chi connectivity index (χ0n) is 6.64. The van der Waals surface area contributed by atoms with E-state index in [4.69, 9.17) is 0 Å². The Hall–Kier alpha value is -1.44. The van der Waals surface area contributed by atoms with Crippen LogP contribution in [0, 0.1) is 0 Å². The molecule has 1 heterocycles. The van der Waals surface area contributed by atoms with Gasteiger partial charge in [0.05, 0.1) is 0 Å². The summed E-state index contributed by atoms with van der Waals surface area (Å²) in [5.74, 6) is 1.95. The van der Waals surface area contributed by atoms with Crippen LogP contribution in [-0.4, -0.2) is 11.9 Å². The second-order valence-corrected chi connectivity index (χ2v) is 2.61. The van der Waals surface area contributed by atoms with Crippen LogP contribution in [-0.2, 0) is 0 Å². The van der Waals surface area contributed by atoms with Crippen molar-refractivity contribution in [2.24, 2.45) is 0 Å². The van der Waals surface area contributed by atoms with Crippen molar-refractivity contribution in [3.8, 4) is 11.0 Å². The average Bonchev–Trinajstić information content (AvgIpc) is 2.21. The SMILES string of the molecule is b1ccncc1-c1ccccc1. The van der Waals surface area contributed by atoms with Gasteiger partial charge in [0.15, 0.2) is 0 Å². The van der Waals surface area contributed by atoms with Crippen LogP contribution in [0.1, 0.15) is 0 Å². The van der Waals surface area contributed by atoms with E-state index in [-0.39, 0.29) is 0 Å². The van der Waals surface area contributed by atoms with Gasteiger partial charge in [-0.05, 0) is 0 Å². The number of benzene rings is 1. The fourth-order valence-electron chi connectivity index (χ4n) is 1.16. The first-order chi connectivity index (χ1) is 5.97. The maximum atomic E-state index is 4.06. The van der Waals surface area contributed by atoms with E-state index in [0.717, 1.165) is 5.46 Å². The van der Waals surface area contributed by atoms with Gasteiger partial charge in [-0.25, -0.2) is 0 Å². The molecule has 0 saturated carbocycles. The number of hydrogen-bond donors (Lipinski definition) is 0. The van der Waals surface area contributed by atoms with E-state index in [0.29, 0.717) is 0 Å². The van der Waals surface area contributed by atoms with E-state index in [1.54, 1.807) is 6.20 Å². The second kappa shape index (κ2) is 3.31. The molecule has 0 saturated heterocycles. The molecule has 56 valence electrons. The van der Waals surface area contributed by atoms with Crippen molar-refractivity contribution in [1.29, 1.82) is 0 Å².